The van der Waals surface area contributed by atoms with Gasteiger partial charge in [-0.25, -0.2) is 4.79 Å². The van der Waals surface area contributed by atoms with Crippen LogP contribution in [0.3, 0.4) is 0 Å². The molecule has 3 aromatic rings. The Labute approximate surface area is 213 Å². The third-order valence-electron chi connectivity index (χ3n) is 8.71. The van der Waals surface area contributed by atoms with E-state index in [1.54, 1.807) is 6.07 Å². The largest absolute Gasteiger partial charge is 0.478 e. The van der Waals surface area contributed by atoms with Crippen LogP contribution in [0.5, 0.6) is 0 Å². The molecule has 0 amide bonds. The minimum Gasteiger partial charge on any atom is -0.478 e. The van der Waals surface area contributed by atoms with Crippen molar-refractivity contribution in [2.75, 3.05) is 44.7 Å². The summed E-state index contributed by atoms with van der Waals surface area (Å²) in [6.07, 6.45) is 7.77. The number of ether oxygens (including phenoxy) is 1. The summed E-state index contributed by atoms with van der Waals surface area (Å²) in [7, 11) is 1.82. The van der Waals surface area contributed by atoms with Crippen LogP contribution in [0.25, 0.3) is 22.2 Å². The van der Waals surface area contributed by atoms with Gasteiger partial charge < -0.3 is 19.3 Å². The van der Waals surface area contributed by atoms with Crippen LogP contribution in [0.2, 0.25) is 0 Å². The molecule has 2 fully saturated rings. The van der Waals surface area contributed by atoms with Crippen LogP contribution in [-0.2, 0) is 11.3 Å². The molecule has 1 saturated heterocycles. The van der Waals surface area contributed by atoms with Crippen LogP contribution in [0.4, 0.5) is 5.69 Å². The Morgan fingerprint density at radius 3 is 2.61 bits per heavy atom. The molecule has 1 saturated carbocycles. The number of rotatable bonds is 6. The van der Waals surface area contributed by atoms with Crippen LogP contribution >= 0.6 is 0 Å². The highest BCUT2D eigenvalue weighted by molar-refractivity contribution is 5.99. The summed E-state index contributed by atoms with van der Waals surface area (Å²) >= 11 is 0. The molecule has 0 bridgehead atoms. The Morgan fingerprint density at radius 2 is 1.83 bits per heavy atom. The van der Waals surface area contributed by atoms with Gasteiger partial charge in [0.2, 0.25) is 0 Å². The smallest absolute Gasteiger partial charge is 0.335 e. The van der Waals surface area contributed by atoms with E-state index < -0.39 is 5.97 Å². The number of likely N-dealkylation sites (tertiary alicyclic amines) is 1. The lowest BCUT2D eigenvalue weighted by atomic mass is 9.81. The predicted octanol–water partition coefficient (Wildman–Crippen LogP) is 5.59. The zero-order valence-electron chi connectivity index (χ0n) is 21.3. The highest BCUT2D eigenvalue weighted by Crippen LogP contribution is 2.47. The van der Waals surface area contributed by atoms with Crippen LogP contribution in [0.1, 0.15) is 60.4 Å². The summed E-state index contributed by atoms with van der Waals surface area (Å²) in [5, 5.41) is 11.0. The van der Waals surface area contributed by atoms with E-state index in [1.165, 1.54) is 60.0 Å². The maximum absolute atomic E-state index is 11.9. The molecule has 1 aromatic heterocycles. The number of carboxylic acids is 1. The first kappa shape index (κ1) is 23.6. The number of methoxy groups -OCH3 is 1. The molecule has 6 nitrogen and oxygen atoms in total. The molecule has 1 aliphatic carbocycles. The fourth-order valence-corrected chi connectivity index (χ4v) is 6.81. The number of fused-ring (bicyclic) bond motifs is 5. The summed E-state index contributed by atoms with van der Waals surface area (Å²) in [5.41, 5.74) is 6.80. The number of hydrogen-bond donors (Lipinski definition) is 1. The van der Waals surface area contributed by atoms with E-state index >= 15 is 0 Å². The molecule has 3 heterocycles. The number of nitrogens with zero attached hydrogens (tertiary/aromatic N) is 3. The van der Waals surface area contributed by atoms with Gasteiger partial charge in [0.05, 0.1) is 17.4 Å². The molecule has 6 heteroatoms. The van der Waals surface area contributed by atoms with Gasteiger partial charge in [-0.05, 0) is 48.9 Å². The fourth-order valence-electron chi connectivity index (χ4n) is 6.81. The summed E-state index contributed by atoms with van der Waals surface area (Å²) in [6, 6.07) is 14.6. The molecule has 6 rings (SSSR count). The molecule has 2 aliphatic heterocycles. The molecule has 0 radical (unpaired) electrons. The lowest BCUT2D eigenvalue weighted by Crippen LogP contribution is -2.36. The van der Waals surface area contributed by atoms with E-state index in [0.717, 1.165) is 51.2 Å². The Bertz CT molecular complexity index is 1260. The van der Waals surface area contributed by atoms with Crippen molar-refractivity contribution in [2.24, 2.45) is 0 Å². The number of carbonyl (C=O) groups is 1. The maximum Gasteiger partial charge on any atom is 0.335 e. The Hall–Kier alpha value is -2.83. The van der Waals surface area contributed by atoms with Crippen molar-refractivity contribution in [3.05, 3.63) is 53.6 Å². The van der Waals surface area contributed by atoms with Crippen molar-refractivity contribution in [2.45, 2.75) is 57.1 Å². The van der Waals surface area contributed by atoms with E-state index in [1.807, 2.05) is 13.2 Å². The third-order valence-corrected chi connectivity index (χ3v) is 8.71. The normalized spacial score (nSPS) is 20.9. The van der Waals surface area contributed by atoms with Gasteiger partial charge in [0.15, 0.2) is 0 Å². The van der Waals surface area contributed by atoms with Gasteiger partial charge in [-0.3, -0.25) is 4.90 Å². The minimum atomic E-state index is -0.859. The first-order valence-corrected chi connectivity index (χ1v) is 13.6. The fraction of sp³-hybridized carbons (Fsp3) is 0.500. The molecule has 3 aliphatic rings. The number of aromatic nitrogens is 1. The number of aromatic carboxylic acids is 1. The van der Waals surface area contributed by atoms with E-state index in [9.17, 15) is 9.90 Å². The number of benzene rings is 2. The van der Waals surface area contributed by atoms with Crippen LogP contribution in [0.15, 0.2) is 42.5 Å². The molecule has 190 valence electrons. The van der Waals surface area contributed by atoms with Gasteiger partial charge in [-0.15, -0.1) is 0 Å². The summed E-state index contributed by atoms with van der Waals surface area (Å²) in [4.78, 5) is 16.9. The van der Waals surface area contributed by atoms with E-state index in [-0.39, 0.29) is 0 Å². The Kier molecular flexibility index (Phi) is 6.48. The van der Waals surface area contributed by atoms with Crippen molar-refractivity contribution in [3.8, 4) is 11.3 Å². The summed E-state index contributed by atoms with van der Waals surface area (Å²) < 4.78 is 8.01. The SMILES string of the molecule is COC1CCN(CCN2CCn3c(c(C4CCCCC4)c4ccc(C(=O)O)cc43)-c3ccccc32)C1. The average molecular weight is 488 g/mol. The number of hydrogen-bond acceptors (Lipinski definition) is 4. The standard InChI is InChI=1S/C30H37N3O3/c1-36-23-13-14-31(20-23)15-16-32-17-18-33-27-19-22(30(34)35)11-12-24(27)28(21-7-3-2-4-8-21)29(33)25-9-5-6-10-26(25)32/h5-6,9-12,19,21,23H,2-4,7-8,13-18,20H2,1H3,(H,34,35). The van der Waals surface area contributed by atoms with Crippen LogP contribution in [-0.4, -0.2) is 66.5 Å². The lowest BCUT2D eigenvalue weighted by molar-refractivity contribution is 0.0697. The van der Waals surface area contributed by atoms with E-state index in [2.05, 4.69) is 44.7 Å². The molecule has 1 N–H and O–H groups in total. The van der Waals surface area contributed by atoms with Gasteiger partial charge >= 0.3 is 5.97 Å². The lowest BCUT2D eigenvalue weighted by Gasteiger charge is -2.28. The van der Waals surface area contributed by atoms with E-state index in [4.69, 9.17) is 4.74 Å². The van der Waals surface area contributed by atoms with Crippen molar-refractivity contribution < 1.29 is 14.6 Å². The summed E-state index contributed by atoms with van der Waals surface area (Å²) in [5.74, 6) is -0.328. The first-order chi connectivity index (χ1) is 17.6. The van der Waals surface area contributed by atoms with Crippen molar-refractivity contribution >= 4 is 22.6 Å². The average Bonchev–Trinajstić information content (AvgIpc) is 3.47. The van der Waals surface area contributed by atoms with Crippen LogP contribution < -0.4 is 4.90 Å². The molecule has 36 heavy (non-hydrogen) atoms. The number of anilines is 1. The van der Waals surface area contributed by atoms with Crippen molar-refractivity contribution in [1.29, 1.82) is 0 Å². The third kappa shape index (κ3) is 4.20. The van der Waals surface area contributed by atoms with Gasteiger partial charge in [0.1, 0.15) is 0 Å². The van der Waals surface area contributed by atoms with Crippen molar-refractivity contribution in [1.82, 2.24) is 9.47 Å². The molecule has 2 aromatic carbocycles. The highest BCUT2D eigenvalue weighted by Gasteiger charge is 2.31. The predicted molar refractivity (Wildman–Crippen MR) is 144 cm³/mol. The maximum atomic E-state index is 11.9. The van der Waals surface area contributed by atoms with Gasteiger partial charge in [-0.2, -0.15) is 0 Å². The Balaban J connectivity index is 1.43. The Morgan fingerprint density at radius 1 is 1.00 bits per heavy atom. The minimum absolute atomic E-state index is 0.357. The molecular formula is C30H37N3O3. The molecule has 1 unspecified atom stereocenters. The topological polar surface area (TPSA) is 57.9 Å². The zero-order valence-corrected chi connectivity index (χ0v) is 21.3. The number of para-hydroxylation sites is 1. The molecular weight excluding hydrogens is 450 g/mol. The second-order valence-electron chi connectivity index (χ2n) is 10.7. The van der Waals surface area contributed by atoms with E-state index in [0.29, 0.717) is 17.6 Å². The number of carboxylic acid groups (broad SMARTS) is 1. The highest BCUT2D eigenvalue weighted by atomic mass is 16.5. The quantitative estimate of drug-likeness (QED) is 0.491. The van der Waals surface area contributed by atoms with Gasteiger partial charge in [0.25, 0.3) is 0 Å². The first-order valence-electron chi connectivity index (χ1n) is 13.6. The zero-order chi connectivity index (χ0) is 24.6. The molecule has 1 atom stereocenters. The van der Waals surface area contributed by atoms with Gasteiger partial charge in [0, 0.05) is 68.5 Å². The molecule has 0 spiro atoms. The second-order valence-corrected chi connectivity index (χ2v) is 10.7. The second kappa shape index (κ2) is 9.91. The monoisotopic (exact) mass is 487 g/mol. The van der Waals surface area contributed by atoms with Crippen molar-refractivity contribution in [3.63, 3.8) is 0 Å². The van der Waals surface area contributed by atoms with Crippen LogP contribution in [0, 0.1) is 0 Å². The van der Waals surface area contributed by atoms with Gasteiger partial charge in [-0.1, -0.05) is 43.5 Å². The summed E-state index contributed by atoms with van der Waals surface area (Å²) in [6.45, 7) is 5.90.